The monoisotopic (exact) mass is 200 g/mol. The topological polar surface area (TPSA) is 20.2 Å². The molecule has 0 amide bonds. The molecule has 1 aromatic carbocycles. The lowest BCUT2D eigenvalue weighted by Gasteiger charge is -1.82. The van der Waals surface area contributed by atoms with E-state index in [4.69, 9.17) is 5.11 Å². The van der Waals surface area contributed by atoms with E-state index >= 15 is 0 Å². The highest BCUT2D eigenvalue weighted by molar-refractivity contribution is 5.11. The van der Waals surface area contributed by atoms with Gasteiger partial charge < -0.3 is 5.11 Å². The van der Waals surface area contributed by atoms with Gasteiger partial charge in [-0.25, -0.2) is 0 Å². The first-order chi connectivity index (χ1) is 6.39. The molecule has 0 aliphatic carbocycles. The van der Waals surface area contributed by atoms with E-state index in [0.29, 0.717) is 0 Å². The van der Waals surface area contributed by atoms with Crippen LogP contribution in [0.5, 0.6) is 0 Å². The molecule has 86 valence electrons. The lowest BCUT2D eigenvalue weighted by atomic mass is 10.2. The zero-order valence-corrected chi connectivity index (χ0v) is 9.83. The van der Waals surface area contributed by atoms with Crippen molar-refractivity contribution in [2.75, 3.05) is 7.11 Å². The first-order valence-corrected chi connectivity index (χ1v) is 4.86. The van der Waals surface area contributed by atoms with Crippen molar-refractivity contribution < 1.29 is 5.11 Å². The molecule has 1 aromatic rings. The highest BCUT2D eigenvalue weighted by Gasteiger charge is 1.72. The van der Waals surface area contributed by atoms with Gasteiger partial charge in [0.15, 0.2) is 0 Å². The minimum Gasteiger partial charge on any atom is -0.400 e. The van der Waals surface area contributed by atoms with Crippen LogP contribution in [0.4, 0.5) is 0 Å². The molecule has 1 N–H and O–H groups in total. The van der Waals surface area contributed by atoms with Crippen molar-refractivity contribution in [2.24, 2.45) is 0 Å². The van der Waals surface area contributed by atoms with Gasteiger partial charge in [-0.3, -0.25) is 0 Å². The maximum atomic E-state index is 7.00. The standard InChI is InChI=1S/C7H8.2C2H6.CH4O.CH4/c1-7-5-3-2-4-6-7;3*1-2;/h2-6H,1H3;2*1-2H3;2H,1H3;1H4. The molecule has 0 fully saturated rings. The summed E-state index contributed by atoms with van der Waals surface area (Å²) in [4.78, 5) is 0. The van der Waals surface area contributed by atoms with Gasteiger partial charge in [0, 0.05) is 7.11 Å². The highest BCUT2D eigenvalue weighted by Crippen LogP contribution is 1.92. The van der Waals surface area contributed by atoms with E-state index in [-0.39, 0.29) is 7.43 Å². The Morgan fingerprint density at radius 3 is 1.21 bits per heavy atom. The molecule has 0 aliphatic heterocycles. The van der Waals surface area contributed by atoms with E-state index in [1.807, 2.05) is 45.9 Å². The fourth-order valence-corrected chi connectivity index (χ4v) is 0.534. The molecular formula is C13H28O. The molecular weight excluding hydrogens is 172 g/mol. The maximum absolute atomic E-state index is 7.00. The molecule has 1 nitrogen and oxygen atoms in total. The van der Waals surface area contributed by atoms with Gasteiger partial charge in [-0.15, -0.1) is 0 Å². The van der Waals surface area contributed by atoms with Crippen LogP contribution in [-0.4, -0.2) is 12.2 Å². The Kier molecular flexibility index (Phi) is 48.9. The lowest BCUT2D eigenvalue weighted by molar-refractivity contribution is 0.399. The van der Waals surface area contributed by atoms with E-state index in [1.165, 1.54) is 5.56 Å². The molecule has 0 spiro atoms. The Balaban J connectivity index is -0.0000000625. The van der Waals surface area contributed by atoms with E-state index in [2.05, 4.69) is 19.1 Å². The smallest absolute Gasteiger partial charge is 0.0319 e. The van der Waals surface area contributed by atoms with Gasteiger partial charge >= 0.3 is 0 Å². The second-order valence-corrected chi connectivity index (χ2v) is 1.65. The van der Waals surface area contributed by atoms with Gasteiger partial charge in [0.25, 0.3) is 0 Å². The Bertz CT molecular complexity index is 135. The normalized spacial score (nSPS) is 5.64. The van der Waals surface area contributed by atoms with Crippen LogP contribution in [-0.2, 0) is 0 Å². The molecule has 0 atom stereocenters. The Hall–Kier alpha value is -0.820. The van der Waals surface area contributed by atoms with Crippen molar-refractivity contribution in [3.05, 3.63) is 35.9 Å². The zero-order valence-electron chi connectivity index (χ0n) is 9.83. The molecule has 0 saturated carbocycles. The molecule has 0 radical (unpaired) electrons. The Morgan fingerprint density at radius 1 is 0.786 bits per heavy atom. The van der Waals surface area contributed by atoms with Crippen LogP contribution in [0.15, 0.2) is 30.3 Å². The minimum atomic E-state index is 0. The van der Waals surface area contributed by atoms with Gasteiger partial charge in [0.1, 0.15) is 0 Å². The summed E-state index contributed by atoms with van der Waals surface area (Å²) in [6.45, 7) is 10.1. The third kappa shape index (κ3) is 22.5. The predicted molar refractivity (Wildman–Crippen MR) is 68.7 cm³/mol. The van der Waals surface area contributed by atoms with Crippen molar-refractivity contribution in [1.29, 1.82) is 0 Å². The van der Waals surface area contributed by atoms with Crippen molar-refractivity contribution >= 4 is 0 Å². The van der Waals surface area contributed by atoms with Crippen LogP contribution in [0.25, 0.3) is 0 Å². The number of hydrogen-bond acceptors (Lipinski definition) is 1. The van der Waals surface area contributed by atoms with Gasteiger partial charge in [0.05, 0.1) is 0 Å². The molecule has 0 aliphatic rings. The van der Waals surface area contributed by atoms with Crippen molar-refractivity contribution in [1.82, 2.24) is 0 Å². The summed E-state index contributed by atoms with van der Waals surface area (Å²) < 4.78 is 0. The quantitative estimate of drug-likeness (QED) is 0.662. The number of aliphatic hydroxyl groups excluding tert-OH is 1. The van der Waals surface area contributed by atoms with E-state index in [9.17, 15) is 0 Å². The van der Waals surface area contributed by atoms with Crippen molar-refractivity contribution in [2.45, 2.75) is 42.0 Å². The Morgan fingerprint density at radius 2 is 1.07 bits per heavy atom. The average Bonchev–Trinajstić information content (AvgIpc) is 2.28. The summed E-state index contributed by atoms with van der Waals surface area (Å²) in [7, 11) is 1.00. The summed E-state index contributed by atoms with van der Waals surface area (Å²) in [6.07, 6.45) is 0. The summed E-state index contributed by atoms with van der Waals surface area (Å²) in [5.41, 5.74) is 1.32. The molecule has 1 rings (SSSR count). The lowest BCUT2D eigenvalue weighted by Crippen LogP contribution is -1.62. The fraction of sp³-hybridized carbons (Fsp3) is 0.538. The van der Waals surface area contributed by atoms with Crippen LogP contribution < -0.4 is 0 Å². The minimum absolute atomic E-state index is 0. The van der Waals surface area contributed by atoms with Crippen LogP contribution in [0.3, 0.4) is 0 Å². The molecule has 0 aromatic heterocycles. The summed E-state index contributed by atoms with van der Waals surface area (Å²) >= 11 is 0. The average molecular weight is 200 g/mol. The fourth-order valence-electron chi connectivity index (χ4n) is 0.534. The van der Waals surface area contributed by atoms with Crippen LogP contribution in [0.1, 0.15) is 40.7 Å². The highest BCUT2D eigenvalue weighted by atomic mass is 16.2. The number of aliphatic hydroxyl groups is 1. The van der Waals surface area contributed by atoms with E-state index < -0.39 is 0 Å². The van der Waals surface area contributed by atoms with Gasteiger partial charge in [-0.2, -0.15) is 0 Å². The van der Waals surface area contributed by atoms with E-state index in [1.54, 1.807) is 0 Å². The molecule has 0 heterocycles. The molecule has 0 bridgehead atoms. The SMILES string of the molecule is C.CC.CC.CO.Cc1ccccc1. The predicted octanol–water partition coefficient (Wildman–Crippen LogP) is 4.29. The van der Waals surface area contributed by atoms with Crippen LogP contribution in [0.2, 0.25) is 0 Å². The number of benzene rings is 1. The van der Waals surface area contributed by atoms with Gasteiger partial charge in [0.2, 0.25) is 0 Å². The number of hydrogen-bond donors (Lipinski definition) is 1. The Labute approximate surface area is 90.8 Å². The summed E-state index contributed by atoms with van der Waals surface area (Å²) in [6, 6.07) is 10.3. The first-order valence-electron chi connectivity index (χ1n) is 4.86. The maximum Gasteiger partial charge on any atom is 0.0319 e. The molecule has 14 heavy (non-hydrogen) atoms. The number of rotatable bonds is 0. The number of aryl methyl sites for hydroxylation is 1. The van der Waals surface area contributed by atoms with E-state index in [0.717, 1.165) is 7.11 Å². The van der Waals surface area contributed by atoms with Crippen LogP contribution >= 0.6 is 0 Å². The van der Waals surface area contributed by atoms with Crippen LogP contribution in [0, 0.1) is 6.92 Å². The molecule has 1 heteroatoms. The molecule has 0 saturated heterocycles. The largest absolute Gasteiger partial charge is 0.400 e. The summed E-state index contributed by atoms with van der Waals surface area (Å²) in [5.74, 6) is 0. The third-order valence-corrected chi connectivity index (χ3v) is 0.940. The summed E-state index contributed by atoms with van der Waals surface area (Å²) in [5, 5.41) is 7.00. The molecule has 0 unspecified atom stereocenters. The zero-order chi connectivity index (χ0) is 11.1. The van der Waals surface area contributed by atoms with Crippen molar-refractivity contribution in [3.8, 4) is 0 Å². The second kappa shape index (κ2) is 29.5. The van der Waals surface area contributed by atoms with Gasteiger partial charge in [-0.05, 0) is 6.92 Å². The van der Waals surface area contributed by atoms with Crippen molar-refractivity contribution in [3.63, 3.8) is 0 Å². The van der Waals surface area contributed by atoms with Gasteiger partial charge in [-0.1, -0.05) is 71.0 Å². The first kappa shape index (κ1) is 23.2. The second-order valence-electron chi connectivity index (χ2n) is 1.65. The third-order valence-electron chi connectivity index (χ3n) is 0.940.